The van der Waals surface area contributed by atoms with Gasteiger partial charge in [0.2, 0.25) is 11.8 Å². The first-order valence-corrected chi connectivity index (χ1v) is 9.15. The number of amides is 4. The van der Waals surface area contributed by atoms with Crippen LogP contribution in [0, 0.1) is 12.3 Å². The molecule has 2 aromatic heterocycles. The molecule has 4 amide bonds. The lowest BCUT2D eigenvalue weighted by atomic mass is 9.70. The van der Waals surface area contributed by atoms with E-state index in [-0.39, 0.29) is 12.0 Å². The minimum atomic E-state index is -1.56. The Balaban J connectivity index is 2.02. The highest BCUT2D eigenvalue weighted by Gasteiger charge is 2.60. The van der Waals surface area contributed by atoms with Gasteiger partial charge in [-0.05, 0) is 32.4 Å². The summed E-state index contributed by atoms with van der Waals surface area (Å²) >= 11 is 0. The summed E-state index contributed by atoms with van der Waals surface area (Å²) in [7, 11) is 1.33. The molecule has 28 heavy (non-hydrogen) atoms. The fraction of sp³-hybridized carbons (Fsp3) is 0.421. The van der Waals surface area contributed by atoms with Gasteiger partial charge in [0.25, 0.3) is 5.56 Å². The standard InChI is InChI=1S/C19H21N5O4/c1-5-23-11(3)19(16(26)21-18(28)22(4)17(19)27)9-12-14(23)20-13-10(2)7-6-8-24(13)15(12)25/h6-8,11H,5,9H2,1-4H3,(H,21,26,28)/t11-,19-/m1/s1. The van der Waals surface area contributed by atoms with Crippen molar-refractivity contribution in [2.75, 3.05) is 18.5 Å². The molecule has 0 aromatic carbocycles. The summed E-state index contributed by atoms with van der Waals surface area (Å²) in [6.45, 7) is 5.95. The van der Waals surface area contributed by atoms with Crippen molar-refractivity contribution >= 4 is 29.3 Å². The average Bonchev–Trinajstić information content (AvgIpc) is 2.66. The van der Waals surface area contributed by atoms with E-state index in [0.717, 1.165) is 10.5 Å². The van der Waals surface area contributed by atoms with Crippen molar-refractivity contribution in [1.82, 2.24) is 19.6 Å². The van der Waals surface area contributed by atoms with Gasteiger partial charge in [-0.2, -0.15) is 0 Å². The highest BCUT2D eigenvalue weighted by atomic mass is 16.2. The zero-order valence-electron chi connectivity index (χ0n) is 16.1. The molecule has 2 aliphatic heterocycles. The van der Waals surface area contributed by atoms with Crippen LogP contribution in [0.15, 0.2) is 23.1 Å². The molecule has 0 saturated carbocycles. The SMILES string of the molecule is CCN1c2nc3c(C)cccn3c(=O)c2C[C@]2(C(=O)NC(=O)N(C)C2=O)[C@H]1C. The van der Waals surface area contributed by atoms with Crippen LogP contribution in [0.25, 0.3) is 5.65 Å². The van der Waals surface area contributed by atoms with Crippen molar-refractivity contribution in [2.45, 2.75) is 33.2 Å². The number of hydrogen-bond acceptors (Lipinski definition) is 6. The van der Waals surface area contributed by atoms with Crippen LogP contribution in [0.3, 0.4) is 0 Å². The van der Waals surface area contributed by atoms with E-state index >= 15 is 0 Å². The monoisotopic (exact) mass is 383 g/mol. The molecule has 0 aliphatic carbocycles. The lowest BCUT2D eigenvalue weighted by Crippen LogP contribution is -2.71. The third-order valence-corrected chi connectivity index (χ3v) is 5.99. The number of barbiturate groups is 1. The number of urea groups is 1. The number of carbonyl (C=O) groups excluding carboxylic acids is 3. The van der Waals surface area contributed by atoms with E-state index < -0.39 is 29.3 Å². The number of aromatic nitrogens is 2. The van der Waals surface area contributed by atoms with Gasteiger partial charge in [0.1, 0.15) is 11.5 Å². The molecule has 0 bridgehead atoms. The molecule has 4 heterocycles. The smallest absolute Gasteiger partial charge is 0.330 e. The lowest BCUT2D eigenvalue weighted by Gasteiger charge is -2.49. The van der Waals surface area contributed by atoms with Gasteiger partial charge in [-0.3, -0.25) is 29.0 Å². The van der Waals surface area contributed by atoms with E-state index in [9.17, 15) is 19.2 Å². The Bertz CT molecular complexity index is 1110. The third kappa shape index (κ3) is 2.10. The number of carbonyl (C=O) groups is 3. The summed E-state index contributed by atoms with van der Waals surface area (Å²) in [6, 6.07) is 2.29. The van der Waals surface area contributed by atoms with Gasteiger partial charge >= 0.3 is 6.03 Å². The summed E-state index contributed by atoms with van der Waals surface area (Å²) in [6.07, 6.45) is 1.52. The van der Waals surface area contributed by atoms with Gasteiger partial charge in [0, 0.05) is 26.2 Å². The number of pyridine rings is 1. The lowest BCUT2D eigenvalue weighted by molar-refractivity contribution is -0.152. The molecule has 2 aliphatic rings. The number of hydrogen-bond donors (Lipinski definition) is 1. The predicted molar refractivity (Wildman–Crippen MR) is 101 cm³/mol. The summed E-state index contributed by atoms with van der Waals surface area (Å²) in [5.41, 5.74) is -0.185. The van der Waals surface area contributed by atoms with Crippen molar-refractivity contribution < 1.29 is 14.4 Å². The van der Waals surface area contributed by atoms with E-state index in [0.29, 0.717) is 23.6 Å². The number of nitrogens with one attached hydrogen (secondary N) is 1. The van der Waals surface area contributed by atoms with Crippen molar-refractivity contribution in [3.05, 3.63) is 39.8 Å². The normalized spacial score (nSPS) is 24.7. The number of fused-ring (bicyclic) bond motifs is 2. The first kappa shape index (κ1) is 18.1. The van der Waals surface area contributed by atoms with Gasteiger partial charge < -0.3 is 4.90 Å². The average molecular weight is 383 g/mol. The van der Waals surface area contributed by atoms with Crippen LogP contribution in [-0.2, 0) is 16.0 Å². The van der Waals surface area contributed by atoms with E-state index in [1.165, 1.54) is 11.4 Å². The maximum atomic E-state index is 13.3. The second-order valence-corrected chi connectivity index (χ2v) is 7.34. The molecule has 9 nitrogen and oxygen atoms in total. The molecular formula is C19H21N5O4. The molecule has 146 valence electrons. The van der Waals surface area contributed by atoms with Gasteiger partial charge in [-0.15, -0.1) is 0 Å². The maximum Gasteiger partial charge on any atom is 0.330 e. The highest BCUT2D eigenvalue weighted by molar-refractivity contribution is 6.20. The van der Waals surface area contributed by atoms with Gasteiger partial charge in [0.15, 0.2) is 5.41 Å². The second-order valence-electron chi connectivity index (χ2n) is 7.34. The third-order valence-electron chi connectivity index (χ3n) is 5.99. The summed E-state index contributed by atoms with van der Waals surface area (Å²) in [5.74, 6) is -0.794. The van der Waals surface area contributed by atoms with Crippen molar-refractivity contribution in [2.24, 2.45) is 5.41 Å². The van der Waals surface area contributed by atoms with Crippen molar-refractivity contribution in [1.29, 1.82) is 0 Å². The van der Waals surface area contributed by atoms with Gasteiger partial charge in [0.05, 0.1) is 11.6 Å². The van der Waals surface area contributed by atoms with Crippen LogP contribution in [-0.4, -0.2) is 51.8 Å². The fourth-order valence-corrected chi connectivity index (χ4v) is 4.32. The van der Waals surface area contributed by atoms with Gasteiger partial charge in [-0.1, -0.05) is 6.07 Å². The van der Waals surface area contributed by atoms with E-state index in [4.69, 9.17) is 4.98 Å². The largest absolute Gasteiger partial charge is 0.352 e. The molecular weight excluding hydrogens is 362 g/mol. The van der Waals surface area contributed by atoms with Crippen LogP contribution in [0.4, 0.5) is 10.6 Å². The maximum absolute atomic E-state index is 13.3. The Labute approximate surface area is 160 Å². The van der Waals surface area contributed by atoms with E-state index in [1.807, 2.05) is 19.9 Å². The van der Waals surface area contributed by atoms with Crippen LogP contribution in [0.1, 0.15) is 25.0 Å². The molecule has 2 atom stereocenters. The molecule has 1 N–H and O–H groups in total. The van der Waals surface area contributed by atoms with E-state index in [2.05, 4.69) is 5.32 Å². The summed E-state index contributed by atoms with van der Waals surface area (Å²) in [4.78, 5) is 58.6. The Hall–Kier alpha value is -3.23. The second kappa shape index (κ2) is 5.88. The number of anilines is 1. The van der Waals surface area contributed by atoms with E-state index in [1.54, 1.807) is 24.1 Å². The van der Waals surface area contributed by atoms with Crippen LogP contribution >= 0.6 is 0 Å². The molecule has 0 radical (unpaired) electrons. The number of nitrogens with zero attached hydrogens (tertiary/aromatic N) is 4. The fourth-order valence-electron chi connectivity index (χ4n) is 4.32. The van der Waals surface area contributed by atoms with Gasteiger partial charge in [-0.25, -0.2) is 9.78 Å². The summed E-state index contributed by atoms with van der Waals surface area (Å²) in [5, 5.41) is 2.26. The number of imide groups is 2. The first-order valence-electron chi connectivity index (χ1n) is 9.15. The van der Waals surface area contributed by atoms with Crippen LogP contribution < -0.4 is 15.8 Å². The minimum absolute atomic E-state index is 0.106. The Morgan fingerprint density at radius 2 is 2.00 bits per heavy atom. The number of aryl methyl sites for hydroxylation is 1. The quantitative estimate of drug-likeness (QED) is 0.718. The predicted octanol–water partition coefficient (Wildman–Crippen LogP) is 0.468. The molecule has 0 unspecified atom stereocenters. The Morgan fingerprint density at radius 3 is 2.68 bits per heavy atom. The zero-order valence-corrected chi connectivity index (χ0v) is 16.1. The molecule has 2 aromatic rings. The first-order chi connectivity index (χ1) is 13.2. The highest BCUT2D eigenvalue weighted by Crippen LogP contribution is 2.42. The van der Waals surface area contributed by atoms with Crippen molar-refractivity contribution in [3.63, 3.8) is 0 Å². The number of rotatable bonds is 1. The van der Waals surface area contributed by atoms with Crippen molar-refractivity contribution in [3.8, 4) is 0 Å². The molecule has 9 heteroatoms. The zero-order chi connectivity index (χ0) is 20.4. The minimum Gasteiger partial charge on any atom is -0.352 e. The molecule has 1 saturated heterocycles. The molecule has 1 fully saturated rings. The Morgan fingerprint density at radius 1 is 1.29 bits per heavy atom. The molecule has 4 rings (SSSR count). The summed E-state index contributed by atoms with van der Waals surface area (Å²) < 4.78 is 1.44. The topological polar surface area (TPSA) is 104 Å². The Kier molecular flexibility index (Phi) is 3.81. The van der Waals surface area contributed by atoms with Crippen LogP contribution in [0.2, 0.25) is 0 Å². The van der Waals surface area contributed by atoms with Crippen LogP contribution in [0.5, 0.6) is 0 Å². The molecule has 1 spiro atoms.